The number of rotatable bonds is 0. The Balaban J connectivity index is 2.56. The predicted octanol–water partition coefficient (Wildman–Crippen LogP) is 3.00. The fourth-order valence-electron chi connectivity index (χ4n) is 2.52. The Labute approximate surface area is 65.6 Å². The van der Waals surface area contributed by atoms with Crippen molar-refractivity contribution in [1.82, 2.24) is 0 Å². The molecule has 1 aliphatic rings. The second-order valence-corrected chi connectivity index (χ2v) is 5.36. The van der Waals surface area contributed by atoms with Gasteiger partial charge in [0.2, 0.25) is 0 Å². The Morgan fingerprint density at radius 1 is 0.900 bits per heavy atom. The van der Waals surface area contributed by atoms with Crippen LogP contribution in [0, 0.1) is 0 Å². The highest BCUT2D eigenvalue weighted by molar-refractivity contribution is 6.44. The van der Waals surface area contributed by atoms with E-state index in [0.29, 0.717) is 10.6 Å². The van der Waals surface area contributed by atoms with Crippen molar-refractivity contribution in [1.29, 1.82) is 0 Å². The zero-order valence-electron chi connectivity index (χ0n) is 7.83. The summed E-state index contributed by atoms with van der Waals surface area (Å²) in [5.41, 5.74) is 0. The lowest BCUT2D eigenvalue weighted by Gasteiger charge is -2.39. The van der Waals surface area contributed by atoms with Gasteiger partial charge in [-0.3, -0.25) is 0 Å². The van der Waals surface area contributed by atoms with E-state index in [-0.39, 0.29) is 0 Å². The molecule has 1 heterocycles. The number of hydrogen-bond donors (Lipinski definition) is 0. The summed E-state index contributed by atoms with van der Waals surface area (Å²) in [6.45, 7) is 9.59. The van der Waals surface area contributed by atoms with Gasteiger partial charge >= 0.3 is 0 Å². The summed E-state index contributed by atoms with van der Waals surface area (Å²) in [5, 5.41) is 1.23. The minimum atomic E-state index is 0.613. The molecule has 0 bridgehead atoms. The van der Waals surface area contributed by atoms with Crippen LogP contribution in [0.2, 0.25) is 10.6 Å². The van der Waals surface area contributed by atoms with Gasteiger partial charge in [0.1, 0.15) is 7.28 Å². The number of hydrogen-bond acceptors (Lipinski definition) is 0. The first-order valence-electron chi connectivity index (χ1n) is 4.41. The summed E-state index contributed by atoms with van der Waals surface area (Å²) in [7, 11) is 1.40. The first kappa shape index (κ1) is 8.16. The summed E-state index contributed by atoms with van der Waals surface area (Å²) in [5.74, 6) is 0. The standard InChI is InChI=1S/C9H19B/c1-8(2)6-5-7-9(3,4)10-8/h10H,5-7H2,1-4H3. The van der Waals surface area contributed by atoms with Crippen LogP contribution in [0.25, 0.3) is 0 Å². The molecule has 1 fully saturated rings. The van der Waals surface area contributed by atoms with Gasteiger partial charge in [0.05, 0.1) is 0 Å². The van der Waals surface area contributed by atoms with E-state index in [4.69, 9.17) is 0 Å². The van der Waals surface area contributed by atoms with Gasteiger partial charge in [-0.2, -0.15) is 0 Å². The van der Waals surface area contributed by atoms with Gasteiger partial charge < -0.3 is 0 Å². The quantitative estimate of drug-likeness (QED) is 0.451. The van der Waals surface area contributed by atoms with Gasteiger partial charge in [-0.05, 0) is 0 Å². The van der Waals surface area contributed by atoms with Crippen molar-refractivity contribution in [3.8, 4) is 0 Å². The molecular weight excluding hydrogens is 119 g/mol. The lowest BCUT2D eigenvalue weighted by molar-refractivity contribution is 0.439. The van der Waals surface area contributed by atoms with Gasteiger partial charge in [-0.25, -0.2) is 0 Å². The van der Waals surface area contributed by atoms with Crippen LogP contribution in [0.3, 0.4) is 0 Å². The van der Waals surface area contributed by atoms with Crippen molar-refractivity contribution < 1.29 is 0 Å². The molecule has 1 rings (SSSR count). The van der Waals surface area contributed by atoms with E-state index in [9.17, 15) is 0 Å². The smallest absolute Gasteiger partial charge is 0.0668 e. The highest BCUT2D eigenvalue weighted by atomic mass is 14.2. The summed E-state index contributed by atoms with van der Waals surface area (Å²) in [6, 6.07) is 0. The molecule has 0 nitrogen and oxygen atoms in total. The Morgan fingerprint density at radius 2 is 1.30 bits per heavy atom. The van der Waals surface area contributed by atoms with Gasteiger partial charge in [0.25, 0.3) is 0 Å². The maximum absolute atomic E-state index is 2.40. The van der Waals surface area contributed by atoms with E-state index < -0.39 is 0 Å². The fourth-order valence-corrected chi connectivity index (χ4v) is 2.52. The average Bonchev–Trinajstić information content (AvgIpc) is 1.56. The average molecular weight is 138 g/mol. The van der Waals surface area contributed by atoms with E-state index >= 15 is 0 Å². The van der Waals surface area contributed by atoms with Gasteiger partial charge in [0.15, 0.2) is 0 Å². The second kappa shape index (κ2) is 2.28. The van der Waals surface area contributed by atoms with Crippen LogP contribution in [0.5, 0.6) is 0 Å². The van der Waals surface area contributed by atoms with Gasteiger partial charge in [-0.15, -0.1) is 0 Å². The zero-order chi connectivity index (χ0) is 7.83. The highest BCUT2D eigenvalue weighted by Gasteiger charge is 2.34. The molecule has 0 aromatic carbocycles. The molecule has 0 atom stereocenters. The maximum atomic E-state index is 2.40. The normalized spacial score (nSPS) is 29.2. The van der Waals surface area contributed by atoms with E-state index in [1.807, 2.05) is 0 Å². The first-order chi connectivity index (χ1) is 4.41. The van der Waals surface area contributed by atoms with Crippen LogP contribution < -0.4 is 0 Å². The molecule has 10 heavy (non-hydrogen) atoms. The minimum Gasteiger partial charge on any atom is -0.0668 e. The third-order valence-corrected chi connectivity index (χ3v) is 2.66. The molecule has 0 saturated carbocycles. The maximum Gasteiger partial charge on any atom is 0.134 e. The predicted molar refractivity (Wildman–Crippen MR) is 49.1 cm³/mol. The summed E-state index contributed by atoms with van der Waals surface area (Å²) in [4.78, 5) is 0. The van der Waals surface area contributed by atoms with Gasteiger partial charge in [0, 0.05) is 0 Å². The van der Waals surface area contributed by atoms with Crippen molar-refractivity contribution >= 4 is 7.28 Å². The zero-order valence-corrected chi connectivity index (χ0v) is 7.83. The molecule has 0 N–H and O–H groups in total. The Kier molecular flexibility index (Phi) is 1.87. The van der Waals surface area contributed by atoms with Crippen LogP contribution >= 0.6 is 0 Å². The van der Waals surface area contributed by atoms with E-state index in [1.165, 1.54) is 26.5 Å². The van der Waals surface area contributed by atoms with Crippen molar-refractivity contribution in [2.45, 2.75) is 57.6 Å². The van der Waals surface area contributed by atoms with E-state index in [1.54, 1.807) is 0 Å². The Bertz CT molecular complexity index is 111. The van der Waals surface area contributed by atoms with E-state index in [0.717, 1.165) is 0 Å². The molecule has 1 saturated heterocycles. The van der Waals surface area contributed by atoms with E-state index in [2.05, 4.69) is 27.7 Å². The topological polar surface area (TPSA) is 0 Å². The third kappa shape index (κ3) is 2.03. The molecule has 0 aliphatic carbocycles. The van der Waals surface area contributed by atoms with Crippen LogP contribution in [0.1, 0.15) is 47.0 Å². The summed E-state index contributed by atoms with van der Waals surface area (Å²) < 4.78 is 0. The molecular formula is C9H19B. The monoisotopic (exact) mass is 138 g/mol. The molecule has 58 valence electrons. The van der Waals surface area contributed by atoms with Crippen molar-refractivity contribution in [2.75, 3.05) is 0 Å². The van der Waals surface area contributed by atoms with Gasteiger partial charge in [-0.1, -0.05) is 57.6 Å². The van der Waals surface area contributed by atoms with Crippen LogP contribution in [-0.2, 0) is 0 Å². The third-order valence-electron chi connectivity index (χ3n) is 2.66. The molecule has 1 heteroatoms. The Hall–Kier alpha value is 0.0649. The van der Waals surface area contributed by atoms with Crippen molar-refractivity contribution in [2.24, 2.45) is 0 Å². The molecule has 0 unspecified atom stereocenters. The highest BCUT2D eigenvalue weighted by Crippen LogP contribution is 2.47. The molecule has 0 spiro atoms. The fraction of sp³-hybridized carbons (Fsp3) is 1.00. The summed E-state index contributed by atoms with van der Waals surface area (Å²) >= 11 is 0. The van der Waals surface area contributed by atoms with Crippen LogP contribution in [0.4, 0.5) is 0 Å². The minimum absolute atomic E-state index is 0.613. The SMILES string of the molecule is CC1(C)BC(C)(C)CCC1. The Morgan fingerprint density at radius 3 is 1.50 bits per heavy atom. The first-order valence-corrected chi connectivity index (χ1v) is 4.41. The van der Waals surface area contributed by atoms with Crippen molar-refractivity contribution in [3.05, 3.63) is 0 Å². The van der Waals surface area contributed by atoms with Crippen LogP contribution in [-0.4, -0.2) is 7.28 Å². The van der Waals surface area contributed by atoms with Crippen LogP contribution in [0.15, 0.2) is 0 Å². The molecule has 0 radical (unpaired) electrons. The lowest BCUT2D eigenvalue weighted by atomic mass is 9.36. The lowest BCUT2D eigenvalue weighted by Crippen LogP contribution is -2.28. The summed E-state index contributed by atoms with van der Waals surface area (Å²) in [6.07, 6.45) is 4.28. The van der Waals surface area contributed by atoms with Crippen molar-refractivity contribution in [3.63, 3.8) is 0 Å². The second-order valence-electron chi connectivity index (χ2n) is 5.36. The molecule has 0 aromatic heterocycles. The molecule has 0 amide bonds. The molecule has 1 aliphatic heterocycles. The molecule has 0 aromatic rings. The largest absolute Gasteiger partial charge is 0.134 e.